The number of amides is 1. The van der Waals surface area contributed by atoms with E-state index in [0.29, 0.717) is 6.07 Å². The van der Waals surface area contributed by atoms with Gasteiger partial charge in [0.05, 0.1) is 11.0 Å². The van der Waals surface area contributed by atoms with Crippen LogP contribution in [0.25, 0.3) is 0 Å². The van der Waals surface area contributed by atoms with Crippen molar-refractivity contribution < 1.29 is 24.0 Å². The highest BCUT2D eigenvalue weighted by Crippen LogP contribution is 2.21. The molecule has 7 nitrogen and oxygen atoms in total. The van der Waals surface area contributed by atoms with E-state index >= 15 is 0 Å². The molecule has 108 valence electrons. The van der Waals surface area contributed by atoms with Crippen LogP contribution in [0.3, 0.4) is 0 Å². The number of nitrogens with zero attached hydrogens (tertiary/aromatic N) is 2. The molecule has 0 radical (unpaired) electrons. The lowest BCUT2D eigenvalue weighted by molar-refractivity contribution is -0.385. The number of carbonyl (C=O) groups is 2. The number of nitro benzene ring substituents is 1. The molecule has 1 aromatic carbocycles. The Hall–Kier alpha value is -2.51. The molecular formula is C12H13FN2O5. The number of rotatable bonds is 4. The highest BCUT2D eigenvalue weighted by molar-refractivity contribution is 5.98. The highest BCUT2D eigenvalue weighted by Gasteiger charge is 2.36. The molecule has 0 atom stereocenters. The van der Waals surface area contributed by atoms with Crippen LogP contribution in [0.4, 0.5) is 10.1 Å². The number of halogens is 1. The molecule has 0 unspecified atom stereocenters. The van der Waals surface area contributed by atoms with Crippen molar-refractivity contribution in [3.63, 3.8) is 0 Å². The molecule has 0 heterocycles. The number of carboxylic acid groups (broad SMARTS) is 1. The van der Waals surface area contributed by atoms with E-state index in [1.807, 2.05) is 0 Å². The SMILES string of the molecule is CN(C(=O)c1cc(F)cc([N+](=O)[O-])c1)C(C)(C)C(=O)O. The lowest BCUT2D eigenvalue weighted by atomic mass is 10.0. The third-order valence-electron chi connectivity index (χ3n) is 3.01. The standard InChI is InChI=1S/C12H13FN2O5/c1-12(2,11(17)18)14(3)10(16)7-4-8(13)6-9(5-7)15(19)20/h4-6H,1-3H3,(H,17,18). The molecule has 0 aliphatic rings. The van der Waals surface area contributed by atoms with Gasteiger partial charge >= 0.3 is 5.97 Å². The van der Waals surface area contributed by atoms with Crippen molar-refractivity contribution in [2.75, 3.05) is 7.05 Å². The minimum absolute atomic E-state index is 0.284. The molecule has 0 saturated carbocycles. The summed E-state index contributed by atoms with van der Waals surface area (Å²) in [5.41, 5.74) is -2.39. The van der Waals surface area contributed by atoms with Gasteiger partial charge in [0.1, 0.15) is 11.4 Å². The van der Waals surface area contributed by atoms with Crippen molar-refractivity contribution >= 4 is 17.6 Å². The van der Waals surface area contributed by atoms with E-state index in [2.05, 4.69) is 0 Å². The Bertz CT molecular complexity index is 585. The minimum Gasteiger partial charge on any atom is -0.480 e. The van der Waals surface area contributed by atoms with E-state index in [-0.39, 0.29) is 5.56 Å². The molecule has 0 fully saturated rings. The number of non-ortho nitro benzene ring substituents is 1. The maximum absolute atomic E-state index is 13.3. The topological polar surface area (TPSA) is 101 Å². The van der Waals surface area contributed by atoms with Crippen LogP contribution >= 0.6 is 0 Å². The second-order valence-electron chi connectivity index (χ2n) is 4.68. The maximum atomic E-state index is 13.3. The molecule has 20 heavy (non-hydrogen) atoms. The predicted octanol–water partition coefficient (Wildman–Crippen LogP) is 1.67. The van der Waals surface area contributed by atoms with Gasteiger partial charge < -0.3 is 10.0 Å². The lowest BCUT2D eigenvalue weighted by Crippen LogP contribution is -2.50. The summed E-state index contributed by atoms with van der Waals surface area (Å²) in [5.74, 6) is -3.01. The maximum Gasteiger partial charge on any atom is 0.329 e. The fraction of sp³-hybridized carbons (Fsp3) is 0.333. The first kappa shape index (κ1) is 15.5. The Morgan fingerprint density at radius 2 is 1.90 bits per heavy atom. The summed E-state index contributed by atoms with van der Waals surface area (Å²) in [6, 6.07) is 2.41. The average molecular weight is 284 g/mol. The lowest BCUT2D eigenvalue weighted by Gasteiger charge is -2.31. The summed E-state index contributed by atoms with van der Waals surface area (Å²) in [6.07, 6.45) is 0. The van der Waals surface area contributed by atoms with Crippen molar-refractivity contribution in [3.05, 3.63) is 39.7 Å². The van der Waals surface area contributed by atoms with Gasteiger partial charge in [-0.1, -0.05) is 0 Å². The molecule has 0 aromatic heterocycles. The minimum atomic E-state index is -1.53. The van der Waals surface area contributed by atoms with Crippen molar-refractivity contribution in [2.24, 2.45) is 0 Å². The van der Waals surface area contributed by atoms with Gasteiger partial charge in [-0.05, 0) is 19.9 Å². The fourth-order valence-electron chi connectivity index (χ4n) is 1.39. The number of benzene rings is 1. The van der Waals surface area contributed by atoms with E-state index in [4.69, 9.17) is 5.11 Å². The molecule has 1 N–H and O–H groups in total. The van der Waals surface area contributed by atoms with Gasteiger partial charge in [0, 0.05) is 18.7 Å². The van der Waals surface area contributed by atoms with E-state index in [1.165, 1.54) is 20.9 Å². The van der Waals surface area contributed by atoms with E-state index in [1.54, 1.807) is 0 Å². The molecule has 1 aromatic rings. The molecule has 1 rings (SSSR count). The summed E-state index contributed by atoms with van der Waals surface area (Å²) in [7, 11) is 1.23. The Morgan fingerprint density at radius 3 is 2.35 bits per heavy atom. The molecule has 0 spiro atoms. The zero-order valence-electron chi connectivity index (χ0n) is 11.1. The molecular weight excluding hydrogens is 271 g/mol. The van der Waals surface area contributed by atoms with Crippen LogP contribution in [0.2, 0.25) is 0 Å². The zero-order chi connectivity index (χ0) is 15.7. The van der Waals surface area contributed by atoms with Gasteiger partial charge in [-0.3, -0.25) is 14.9 Å². The number of nitro groups is 1. The normalized spacial score (nSPS) is 11.0. The summed E-state index contributed by atoms with van der Waals surface area (Å²) >= 11 is 0. The van der Waals surface area contributed by atoms with Crippen LogP contribution in [-0.2, 0) is 4.79 Å². The van der Waals surface area contributed by atoms with E-state index in [0.717, 1.165) is 17.0 Å². The summed E-state index contributed by atoms with van der Waals surface area (Å²) in [6.45, 7) is 2.59. The number of hydrogen-bond acceptors (Lipinski definition) is 4. The summed E-state index contributed by atoms with van der Waals surface area (Å²) in [4.78, 5) is 33.8. The number of hydrogen-bond donors (Lipinski definition) is 1. The van der Waals surface area contributed by atoms with Gasteiger partial charge in [0.25, 0.3) is 11.6 Å². The smallest absolute Gasteiger partial charge is 0.329 e. The Kier molecular flexibility index (Phi) is 4.07. The van der Waals surface area contributed by atoms with E-state index in [9.17, 15) is 24.1 Å². The van der Waals surface area contributed by atoms with Crippen LogP contribution < -0.4 is 0 Å². The third-order valence-corrected chi connectivity index (χ3v) is 3.01. The van der Waals surface area contributed by atoms with Crippen molar-refractivity contribution in [2.45, 2.75) is 19.4 Å². The number of aliphatic carboxylic acids is 1. The van der Waals surface area contributed by atoms with Crippen LogP contribution in [0, 0.1) is 15.9 Å². The Balaban J connectivity index is 3.22. The monoisotopic (exact) mass is 284 g/mol. The van der Waals surface area contributed by atoms with Crippen LogP contribution in [0.15, 0.2) is 18.2 Å². The second-order valence-corrected chi connectivity index (χ2v) is 4.68. The average Bonchev–Trinajstić information content (AvgIpc) is 2.35. The van der Waals surface area contributed by atoms with Crippen molar-refractivity contribution in [3.8, 4) is 0 Å². The molecule has 0 aliphatic carbocycles. The quantitative estimate of drug-likeness (QED) is 0.669. The largest absolute Gasteiger partial charge is 0.480 e. The molecule has 0 bridgehead atoms. The highest BCUT2D eigenvalue weighted by atomic mass is 19.1. The van der Waals surface area contributed by atoms with Crippen LogP contribution in [0.5, 0.6) is 0 Å². The zero-order valence-corrected chi connectivity index (χ0v) is 11.1. The van der Waals surface area contributed by atoms with Gasteiger partial charge in [-0.25, -0.2) is 9.18 Å². The first-order valence-electron chi connectivity index (χ1n) is 5.54. The first-order valence-corrected chi connectivity index (χ1v) is 5.54. The predicted molar refractivity (Wildman–Crippen MR) is 66.9 cm³/mol. The van der Waals surface area contributed by atoms with Gasteiger partial charge in [-0.15, -0.1) is 0 Å². The summed E-state index contributed by atoms with van der Waals surface area (Å²) < 4.78 is 13.3. The number of likely N-dealkylation sites (N-methyl/N-ethyl adjacent to an activating group) is 1. The van der Waals surface area contributed by atoms with Gasteiger partial charge in [0.15, 0.2) is 0 Å². The van der Waals surface area contributed by atoms with Crippen LogP contribution in [-0.4, -0.2) is 39.4 Å². The van der Waals surface area contributed by atoms with Crippen LogP contribution in [0.1, 0.15) is 24.2 Å². The van der Waals surface area contributed by atoms with Gasteiger partial charge in [0.2, 0.25) is 0 Å². The van der Waals surface area contributed by atoms with Crippen molar-refractivity contribution in [1.82, 2.24) is 4.90 Å². The fourth-order valence-corrected chi connectivity index (χ4v) is 1.39. The Labute approximate surface area is 113 Å². The Morgan fingerprint density at radius 1 is 1.35 bits per heavy atom. The molecule has 0 aliphatic heterocycles. The first-order chi connectivity index (χ1) is 9.07. The number of carboxylic acids is 1. The third kappa shape index (κ3) is 2.90. The van der Waals surface area contributed by atoms with E-state index < -0.39 is 33.8 Å². The van der Waals surface area contributed by atoms with Gasteiger partial charge in [-0.2, -0.15) is 0 Å². The molecule has 1 amide bonds. The molecule has 8 heteroatoms. The number of carbonyl (C=O) groups excluding carboxylic acids is 1. The van der Waals surface area contributed by atoms with Crippen molar-refractivity contribution in [1.29, 1.82) is 0 Å². The summed E-state index contributed by atoms with van der Waals surface area (Å²) in [5, 5.41) is 19.7. The second kappa shape index (κ2) is 5.24. The molecule has 0 saturated heterocycles.